The zero-order valence-electron chi connectivity index (χ0n) is 8.03. The van der Waals surface area contributed by atoms with Crippen LogP contribution in [0, 0.1) is 0 Å². The Labute approximate surface area is 79.4 Å². The van der Waals surface area contributed by atoms with Crippen LogP contribution in [0.2, 0.25) is 0 Å². The van der Waals surface area contributed by atoms with Gasteiger partial charge in [-0.15, -0.1) is 0 Å². The van der Waals surface area contributed by atoms with E-state index in [1.807, 2.05) is 13.8 Å². The van der Waals surface area contributed by atoms with Crippen LogP contribution in [0.25, 0.3) is 0 Å². The molecule has 70 valence electrons. The van der Waals surface area contributed by atoms with Gasteiger partial charge in [-0.25, -0.2) is 0 Å². The van der Waals surface area contributed by atoms with Gasteiger partial charge < -0.3 is 0 Å². The molecule has 1 saturated carbocycles. The van der Waals surface area contributed by atoms with Crippen molar-refractivity contribution in [3.05, 3.63) is 10.9 Å². The van der Waals surface area contributed by atoms with Crippen LogP contribution in [0.4, 0.5) is 0 Å². The van der Waals surface area contributed by atoms with E-state index in [4.69, 9.17) is 0 Å². The Hall–Kier alpha value is -0.820. The number of hydrogen-bond acceptors (Lipinski definition) is 3. The molecule has 0 aromatic heterocycles. The van der Waals surface area contributed by atoms with Crippen molar-refractivity contribution < 1.29 is 4.57 Å². The molecule has 1 rings (SSSR count). The molecule has 0 N–H and O–H groups in total. The lowest BCUT2D eigenvalue weighted by Crippen LogP contribution is -1.84. The van der Waals surface area contributed by atoms with Gasteiger partial charge in [-0.05, 0) is 19.8 Å². The van der Waals surface area contributed by atoms with E-state index in [1.165, 1.54) is 0 Å². The van der Waals surface area contributed by atoms with Crippen LogP contribution in [0.1, 0.15) is 26.7 Å². The molecule has 0 radical (unpaired) electrons. The molecule has 0 amide bonds. The highest BCUT2D eigenvalue weighted by Crippen LogP contribution is 2.50. The van der Waals surface area contributed by atoms with Crippen LogP contribution in [0.3, 0.4) is 0 Å². The summed E-state index contributed by atoms with van der Waals surface area (Å²) in [5.41, 5.74) is 1.37. The van der Waals surface area contributed by atoms with Gasteiger partial charge in [0.1, 0.15) is 0 Å². The largest absolute Gasteiger partial charge is 0.375 e. The van der Waals surface area contributed by atoms with Crippen LogP contribution in [-0.2, 0) is 4.57 Å². The topological polar surface area (TPSA) is 41.8 Å². The molecule has 1 atom stereocenters. The highest BCUT2D eigenvalue weighted by Gasteiger charge is 2.42. The highest BCUT2D eigenvalue weighted by molar-refractivity contribution is 7.50. The van der Waals surface area contributed by atoms with E-state index >= 15 is 0 Å². The van der Waals surface area contributed by atoms with Crippen molar-refractivity contribution in [3.63, 3.8) is 0 Å². The van der Waals surface area contributed by atoms with Gasteiger partial charge in [0.15, 0.2) is 11.0 Å². The average Bonchev–Trinajstić information content (AvgIpc) is 2.94. The Balaban J connectivity index is 2.70. The Morgan fingerprint density at radius 2 is 2.15 bits per heavy atom. The predicted octanol–water partition coefficient (Wildman–Crippen LogP) is 2.96. The van der Waals surface area contributed by atoms with Gasteiger partial charge in [-0.2, -0.15) is 10.2 Å². The fourth-order valence-electron chi connectivity index (χ4n) is 0.978. The van der Waals surface area contributed by atoms with Gasteiger partial charge in [-0.1, -0.05) is 4.57 Å². The van der Waals surface area contributed by atoms with Crippen LogP contribution in [0.5, 0.6) is 0 Å². The van der Waals surface area contributed by atoms with Gasteiger partial charge in [0.2, 0.25) is 0 Å². The van der Waals surface area contributed by atoms with Crippen LogP contribution >= 0.6 is 7.80 Å². The molecule has 3 nitrogen and oxygen atoms in total. The molecule has 0 bridgehead atoms. The zero-order valence-corrected chi connectivity index (χ0v) is 8.92. The summed E-state index contributed by atoms with van der Waals surface area (Å²) >= 11 is 0. The summed E-state index contributed by atoms with van der Waals surface area (Å²) < 4.78 is 11.7. The third-order valence-electron chi connectivity index (χ3n) is 2.11. The smallest absolute Gasteiger partial charge is 0.167 e. The molecule has 1 aliphatic carbocycles. The van der Waals surface area contributed by atoms with Crippen molar-refractivity contribution in [2.45, 2.75) is 32.3 Å². The summed E-state index contributed by atoms with van der Waals surface area (Å²) in [6.45, 7) is 7.05. The third-order valence-corrected chi connectivity index (χ3v) is 4.31. The molecular formula is C9H14N2OP+. The number of nitrogens with zero attached hydrogens (tertiary/aromatic N) is 2. The molecule has 0 spiro atoms. The van der Waals surface area contributed by atoms with Crippen LogP contribution in [-0.4, -0.2) is 18.6 Å². The molecule has 1 unspecified atom stereocenters. The molecule has 4 heteroatoms. The second-order valence-corrected chi connectivity index (χ2v) is 5.26. The van der Waals surface area contributed by atoms with Gasteiger partial charge >= 0.3 is 7.80 Å². The summed E-state index contributed by atoms with van der Waals surface area (Å²) in [7, 11) is -1.17. The van der Waals surface area contributed by atoms with Crippen molar-refractivity contribution in [3.8, 4) is 0 Å². The third kappa shape index (κ3) is 2.85. The Kier molecular flexibility index (Phi) is 3.49. The Morgan fingerprint density at radius 1 is 1.54 bits per heavy atom. The lowest BCUT2D eigenvalue weighted by Gasteiger charge is -1.89. The monoisotopic (exact) mass is 197 g/mol. The maximum Gasteiger partial charge on any atom is 0.375 e. The lowest BCUT2D eigenvalue weighted by molar-refractivity contribution is 0.590. The molecule has 13 heavy (non-hydrogen) atoms. The minimum atomic E-state index is -1.17. The first-order valence-electron chi connectivity index (χ1n) is 4.29. The maximum absolute atomic E-state index is 11.7. The molecule has 0 aromatic carbocycles. The fourth-order valence-corrected chi connectivity index (χ4v) is 2.55. The van der Waals surface area contributed by atoms with Crippen LogP contribution < -0.4 is 0 Å². The van der Waals surface area contributed by atoms with Crippen molar-refractivity contribution in [1.82, 2.24) is 0 Å². The van der Waals surface area contributed by atoms with E-state index in [1.54, 1.807) is 6.21 Å². The lowest BCUT2D eigenvalue weighted by atomic mass is 10.3. The van der Waals surface area contributed by atoms with E-state index in [9.17, 15) is 4.57 Å². The summed E-state index contributed by atoms with van der Waals surface area (Å²) in [4.78, 5) is 0. The zero-order chi connectivity index (χ0) is 9.84. The maximum atomic E-state index is 11.7. The highest BCUT2D eigenvalue weighted by atomic mass is 31.1. The minimum absolute atomic E-state index is 0.426. The van der Waals surface area contributed by atoms with Gasteiger partial charge in [0, 0.05) is 19.2 Å². The first kappa shape index (κ1) is 10.3. The summed E-state index contributed by atoms with van der Waals surface area (Å²) in [6, 6.07) is 0. The normalized spacial score (nSPS) is 20.0. The number of allylic oxidation sites excluding steroid dienone is 2. The number of rotatable bonds is 4. The first-order chi connectivity index (χ1) is 6.16. The summed E-state index contributed by atoms with van der Waals surface area (Å²) in [5, 5.41) is 7.97. The number of hydrogen-bond donors (Lipinski definition) is 0. The van der Waals surface area contributed by atoms with Crippen molar-refractivity contribution >= 4 is 20.7 Å². The Morgan fingerprint density at radius 3 is 2.62 bits per heavy atom. The average molecular weight is 197 g/mol. The van der Waals surface area contributed by atoms with E-state index in [2.05, 4.69) is 16.9 Å². The quantitative estimate of drug-likeness (QED) is 0.388. The standard InChI is InChI=1S/C9H14N2OP/c1-7(6-11-10-3)8(2)13(12)9-4-5-9/h6,9H,3-5H2,1-2H3/q+1/b8-7+,11-6-. The Bertz CT molecular complexity index is 290. The SMILES string of the molecule is C=N/N=C\C(C)=C(/C)[P+](=O)C1CC1. The molecule has 1 aliphatic rings. The summed E-state index contributed by atoms with van der Waals surface area (Å²) in [5.74, 6) is 0. The van der Waals surface area contributed by atoms with Crippen molar-refractivity contribution in [1.29, 1.82) is 0 Å². The van der Waals surface area contributed by atoms with Gasteiger partial charge in [0.05, 0.1) is 6.21 Å². The minimum Gasteiger partial charge on any atom is -0.167 e. The fraction of sp³-hybridized carbons (Fsp3) is 0.556. The van der Waals surface area contributed by atoms with Crippen LogP contribution in [0.15, 0.2) is 21.1 Å². The second-order valence-electron chi connectivity index (χ2n) is 3.21. The van der Waals surface area contributed by atoms with E-state index < -0.39 is 7.80 Å². The molecule has 0 aliphatic heterocycles. The molecule has 0 aromatic rings. The van der Waals surface area contributed by atoms with E-state index in [0.717, 1.165) is 23.7 Å². The molecule has 0 heterocycles. The van der Waals surface area contributed by atoms with E-state index in [0.29, 0.717) is 5.66 Å². The van der Waals surface area contributed by atoms with Crippen molar-refractivity contribution in [2.75, 3.05) is 0 Å². The van der Waals surface area contributed by atoms with E-state index in [-0.39, 0.29) is 0 Å². The molecule has 0 saturated heterocycles. The van der Waals surface area contributed by atoms with Crippen molar-refractivity contribution in [2.24, 2.45) is 10.2 Å². The van der Waals surface area contributed by atoms with Gasteiger partial charge in [-0.3, -0.25) is 0 Å². The first-order valence-corrected chi connectivity index (χ1v) is 5.62. The van der Waals surface area contributed by atoms with Gasteiger partial charge in [0.25, 0.3) is 0 Å². The second kappa shape index (κ2) is 4.43. The predicted molar refractivity (Wildman–Crippen MR) is 57.0 cm³/mol. The molecular weight excluding hydrogens is 183 g/mol. The summed E-state index contributed by atoms with van der Waals surface area (Å²) in [6.07, 6.45) is 3.82. The molecule has 1 fully saturated rings.